The SMILES string of the molecule is CCN(CC)C(=O)c1ccc(NC(=O)[C@@H]2CC(=O)N([C@@H]3CCC[C@H](C)[C@@H]3C)C2)cc1. The number of anilines is 1. The summed E-state index contributed by atoms with van der Waals surface area (Å²) in [7, 11) is 0. The maximum absolute atomic E-state index is 12.8. The van der Waals surface area contributed by atoms with E-state index in [1.54, 1.807) is 29.2 Å². The van der Waals surface area contributed by atoms with Gasteiger partial charge in [0, 0.05) is 43.3 Å². The summed E-state index contributed by atoms with van der Waals surface area (Å²) in [6, 6.07) is 7.26. The molecule has 6 nitrogen and oxygen atoms in total. The molecule has 1 aromatic rings. The molecular formula is C24H35N3O3. The van der Waals surface area contributed by atoms with E-state index in [2.05, 4.69) is 19.2 Å². The monoisotopic (exact) mass is 413 g/mol. The molecule has 0 unspecified atom stereocenters. The number of amides is 3. The van der Waals surface area contributed by atoms with E-state index in [1.165, 1.54) is 6.42 Å². The van der Waals surface area contributed by atoms with Crippen molar-refractivity contribution < 1.29 is 14.4 Å². The maximum Gasteiger partial charge on any atom is 0.253 e. The van der Waals surface area contributed by atoms with E-state index in [0.29, 0.717) is 42.7 Å². The van der Waals surface area contributed by atoms with Crippen LogP contribution in [-0.2, 0) is 9.59 Å². The van der Waals surface area contributed by atoms with Crippen LogP contribution in [0.25, 0.3) is 0 Å². The minimum atomic E-state index is -0.320. The van der Waals surface area contributed by atoms with Crippen molar-refractivity contribution >= 4 is 23.4 Å². The topological polar surface area (TPSA) is 69.7 Å². The molecule has 30 heavy (non-hydrogen) atoms. The Hall–Kier alpha value is -2.37. The first-order chi connectivity index (χ1) is 14.3. The maximum atomic E-state index is 12.8. The zero-order valence-corrected chi connectivity index (χ0v) is 18.7. The van der Waals surface area contributed by atoms with Crippen molar-refractivity contribution in [3.63, 3.8) is 0 Å². The quantitative estimate of drug-likeness (QED) is 0.772. The third-order valence-electron chi connectivity index (χ3n) is 7.04. The van der Waals surface area contributed by atoms with Crippen molar-refractivity contribution in [1.82, 2.24) is 9.80 Å². The van der Waals surface area contributed by atoms with Gasteiger partial charge >= 0.3 is 0 Å². The first-order valence-corrected chi connectivity index (χ1v) is 11.3. The highest BCUT2D eigenvalue weighted by atomic mass is 16.2. The Morgan fingerprint density at radius 3 is 2.40 bits per heavy atom. The molecule has 0 spiro atoms. The molecule has 1 heterocycles. The number of hydrogen-bond acceptors (Lipinski definition) is 3. The van der Waals surface area contributed by atoms with Gasteiger partial charge in [0.05, 0.1) is 5.92 Å². The number of likely N-dealkylation sites (tertiary alicyclic amines) is 1. The molecule has 6 heteroatoms. The van der Waals surface area contributed by atoms with E-state index in [1.807, 2.05) is 18.7 Å². The van der Waals surface area contributed by atoms with Crippen LogP contribution in [0, 0.1) is 17.8 Å². The number of nitrogens with zero attached hydrogens (tertiary/aromatic N) is 2. The molecule has 3 amide bonds. The van der Waals surface area contributed by atoms with Gasteiger partial charge in [-0.1, -0.05) is 26.7 Å². The lowest BCUT2D eigenvalue weighted by Crippen LogP contribution is -2.45. The summed E-state index contributed by atoms with van der Waals surface area (Å²) in [4.78, 5) is 41.6. The van der Waals surface area contributed by atoms with Crippen LogP contribution in [-0.4, -0.2) is 53.2 Å². The van der Waals surface area contributed by atoms with Gasteiger partial charge in [0.15, 0.2) is 0 Å². The van der Waals surface area contributed by atoms with Crippen LogP contribution in [0.4, 0.5) is 5.69 Å². The second-order valence-corrected chi connectivity index (χ2v) is 8.83. The van der Waals surface area contributed by atoms with Gasteiger partial charge in [-0.2, -0.15) is 0 Å². The number of carbonyl (C=O) groups excluding carboxylic acids is 3. The van der Waals surface area contributed by atoms with Crippen molar-refractivity contribution in [2.24, 2.45) is 17.8 Å². The fourth-order valence-corrected chi connectivity index (χ4v) is 4.86. The average molecular weight is 414 g/mol. The van der Waals surface area contributed by atoms with Crippen LogP contribution < -0.4 is 5.32 Å². The van der Waals surface area contributed by atoms with Crippen LogP contribution in [0.2, 0.25) is 0 Å². The van der Waals surface area contributed by atoms with Gasteiger partial charge in [0.1, 0.15) is 0 Å². The third-order valence-corrected chi connectivity index (χ3v) is 7.04. The van der Waals surface area contributed by atoms with Crippen LogP contribution in [0.5, 0.6) is 0 Å². The fourth-order valence-electron chi connectivity index (χ4n) is 4.86. The van der Waals surface area contributed by atoms with Gasteiger partial charge in [-0.05, 0) is 56.4 Å². The van der Waals surface area contributed by atoms with E-state index >= 15 is 0 Å². The van der Waals surface area contributed by atoms with E-state index < -0.39 is 0 Å². The number of benzene rings is 1. The van der Waals surface area contributed by atoms with Crippen molar-refractivity contribution in [3.8, 4) is 0 Å². The summed E-state index contributed by atoms with van der Waals surface area (Å²) in [6.45, 7) is 10.2. The summed E-state index contributed by atoms with van der Waals surface area (Å²) in [5.41, 5.74) is 1.26. The summed E-state index contributed by atoms with van der Waals surface area (Å²) in [6.07, 6.45) is 3.68. The van der Waals surface area contributed by atoms with Gasteiger partial charge in [0.25, 0.3) is 5.91 Å². The Kier molecular flexibility index (Phi) is 7.16. The molecule has 2 fully saturated rings. The minimum absolute atomic E-state index is 0.00858. The lowest BCUT2D eigenvalue weighted by Gasteiger charge is -2.40. The molecule has 2 aliphatic rings. The van der Waals surface area contributed by atoms with Crippen LogP contribution in [0.15, 0.2) is 24.3 Å². The second-order valence-electron chi connectivity index (χ2n) is 8.83. The molecular weight excluding hydrogens is 378 g/mol. The highest BCUT2D eigenvalue weighted by Crippen LogP contribution is 2.36. The molecule has 1 aromatic carbocycles. The van der Waals surface area contributed by atoms with E-state index in [4.69, 9.17) is 0 Å². The highest BCUT2D eigenvalue weighted by molar-refractivity contribution is 5.98. The van der Waals surface area contributed by atoms with Crippen molar-refractivity contribution in [3.05, 3.63) is 29.8 Å². The van der Waals surface area contributed by atoms with Gasteiger partial charge < -0.3 is 15.1 Å². The van der Waals surface area contributed by atoms with E-state index in [9.17, 15) is 14.4 Å². The molecule has 1 N–H and O–H groups in total. The van der Waals surface area contributed by atoms with Gasteiger partial charge in [-0.3, -0.25) is 14.4 Å². The Balaban J connectivity index is 1.60. The highest BCUT2D eigenvalue weighted by Gasteiger charge is 2.41. The Labute approximate surface area is 180 Å². The van der Waals surface area contributed by atoms with Gasteiger partial charge in [-0.15, -0.1) is 0 Å². The van der Waals surface area contributed by atoms with Crippen molar-refractivity contribution in [2.45, 2.75) is 59.4 Å². The second kappa shape index (κ2) is 9.63. The fraction of sp³-hybridized carbons (Fsp3) is 0.625. The van der Waals surface area contributed by atoms with E-state index in [-0.39, 0.29) is 36.1 Å². The summed E-state index contributed by atoms with van der Waals surface area (Å²) < 4.78 is 0. The predicted molar refractivity (Wildman–Crippen MR) is 118 cm³/mol. The average Bonchev–Trinajstić information content (AvgIpc) is 3.13. The van der Waals surface area contributed by atoms with E-state index in [0.717, 1.165) is 12.8 Å². The molecule has 1 aliphatic heterocycles. The summed E-state index contributed by atoms with van der Waals surface area (Å²) in [5.74, 6) is 0.735. The molecule has 3 rings (SSSR count). The first kappa shape index (κ1) is 22.3. The third kappa shape index (κ3) is 4.68. The van der Waals surface area contributed by atoms with Crippen LogP contribution in [0.3, 0.4) is 0 Å². The number of rotatable bonds is 6. The van der Waals surface area contributed by atoms with Crippen molar-refractivity contribution in [2.75, 3.05) is 25.0 Å². The Morgan fingerprint density at radius 1 is 1.10 bits per heavy atom. The smallest absolute Gasteiger partial charge is 0.253 e. The Bertz CT molecular complexity index is 772. The van der Waals surface area contributed by atoms with Crippen molar-refractivity contribution in [1.29, 1.82) is 0 Å². The number of nitrogens with one attached hydrogen (secondary N) is 1. The predicted octanol–water partition coefficient (Wildman–Crippen LogP) is 3.78. The molecule has 0 aromatic heterocycles. The largest absolute Gasteiger partial charge is 0.339 e. The molecule has 0 bridgehead atoms. The molecule has 0 radical (unpaired) electrons. The summed E-state index contributed by atoms with van der Waals surface area (Å²) >= 11 is 0. The zero-order chi connectivity index (χ0) is 21.8. The Morgan fingerprint density at radius 2 is 1.77 bits per heavy atom. The lowest BCUT2D eigenvalue weighted by molar-refractivity contribution is -0.131. The lowest BCUT2D eigenvalue weighted by atomic mass is 9.77. The number of hydrogen-bond donors (Lipinski definition) is 1. The molecule has 1 saturated heterocycles. The standard InChI is InChI=1S/C24H35N3O3/c1-5-26(6-2)24(30)18-10-12-20(13-11-18)25-23(29)19-14-22(28)27(15-19)21-9-7-8-16(3)17(21)4/h10-13,16-17,19,21H,5-9,14-15H2,1-4H3,(H,25,29)/t16-,17-,19+,21+/m0/s1. The molecule has 1 saturated carbocycles. The van der Waals surface area contributed by atoms with Crippen LogP contribution >= 0.6 is 0 Å². The zero-order valence-electron chi connectivity index (χ0n) is 18.7. The molecule has 4 atom stereocenters. The normalized spacial score (nSPS) is 26.5. The molecule has 1 aliphatic carbocycles. The summed E-state index contributed by atoms with van der Waals surface area (Å²) in [5, 5.41) is 2.93. The van der Waals surface area contributed by atoms with Crippen LogP contribution in [0.1, 0.15) is 63.7 Å². The molecule has 164 valence electrons. The minimum Gasteiger partial charge on any atom is -0.339 e. The van der Waals surface area contributed by atoms with Gasteiger partial charge in [0.2, 0.25) is 11.8 Å². The number of carbonyl (C=O) groups is 3. The first-order valence-electron chi connectivity index (χ1n) is 11.3. The van der Waals surface area contributed by atoms with Gasteiger partial charge in [-0.25, -0.2) is 0 Å².